The van der Waals surface area contributed by atoms with Gasteiger partial charge in [-0.05, 0) is 73.4 Å². The first-order valence-electron chi connectivity index (χ1n) is 14.3. The minimum absolute atomic E-state index is 0.0410. The molecule has 0 saturated carbocycles. The van der Waals surface area contributed by atoms with Gasteiger partial charge in [0.2, 0.25) is 6.41 Å². The zero-order valence-electron chi connectivity index (χ0n) is 23.3. The molecule has 3 atom stereocenters. The number of carbonyl (C=O) groups excluding carboxylic acids is 1. The van der Waals surface area contributed by atoms with Crippen molar-refractivity contribution >= 4 is 12.4 Å². The summed E-state index contributed by atoms with van der Waals surface area (Å²) in [5.74, 6) is -1.06. The lowest BCUT2D eigenvalue weighted by molar-refractivity contribution is -0.143. The van der Waals surface area contributed by atoms with Crippen molar-refractivity contribution in [3.63, 3.8) is 0 Å². The number of likely N-dealkylation sites (tertiary alicyclic amines) is 1. The van der Waals surface area contributed by atoms with E-state index in [0.717, 1.165) is 76.6 Å². The summed E-state index contributed by atoms with van der Waals surface area (Å²) in [4.78, 5) is 26.8. The maximum atomic E-state index is 12.2. The molecule has 1 heterocycles. The number of aryl methyl sites for hydroxylation is 3. The van der Waals surface area contributed by atoms with Crippen molar-refractivity contribution in [3.8, 4) is 0 Å². The number of fused-ring (bicyclic) bond motifs is 1. The average Bonchev–Trinajstić information content (AvgIpc) is 3.53. The minimum Gasteiger partial charge on any atom is -0.481 e. The summed E-state index contributed by atoms with van der Waals surface area (Å²) < 4.78 is 0. The van der Waals surface area contributed by atoms with Crippen LogP contribution in [0.4, 0.5) is 0 Å². The molecular formula is C32H46N2O3. The average molecular weight is 507 g/mol. The van der Waals surface area contributed by atoms with Crippen molar-refractivity contribution < 1.29 is 14.7 Å². The van der Waals surface area contributed by atoms with Gasteiger partial charge >= 0.3 is 5.97 Å². The van der Waals surface area contributed by atoms with Crippen LogP contribution in [0.15, 0.2) is 42.5 Å². The molecule has 1 fully saturated rings. The molecule has 0 spiro atoms. The SMILES string of the molecule is CCCCN(C=O)CCCC.CCc1ccc(C2C(C(=O)O)C(c3ccc4c(c3)CCC4)CN2C)cc1. The Bertz CT molecular complexity index is 996. The summed E-state index contributed by atoms with van der Waals surface area (Å²) in [5, 5.41) is 10.1. The van der Waals surface area contributed by atoms with Crippen molar-refractivity contribution in [2.75, 3.05) is 26.7 Å². The van der Waals surface area contributed by atoms with Crippen molar-refractivity contribution in [2.45, 2.75) is 84.1 Å². The van der Waals surface area contributed by atoms with Crippen LogP contribution >= 0.6 is 0 Å². The number of hydrogen-bond acceptors (Lipinski definition) is 3. The fourth-order valence-electron chi connectivity index (χ4n) is 5.83. The Labute approximate surface area is 223 Å². The molecule has 2 aromatic carbocycles. The molecule has 1 N–H and O–H groups in total. The normalized spacial score (nSPS) is 20.7. The van der Waals surface area contributed by atoms with Gasteiger partial charge in [-0.25, -0.2) is 0 Å². The van der Waals surface area contributed by atoms with Gasteiger partial charge in [-0.15, -0.1) is 0 Å². The third-order valence-electron chi connectivity index (χ3n) is 8.05. The maximum Gasteiger partial charge on any atom is 0.309 e. The molecule has 37 heavy (non-hydrogen) atoms. The topological polar surface area (TPSA) is 60.9 Å². The Morgan fingerprint density at radius 3 is 2.16 bits per heavy atom. The summed E-state index contributed by atoms with van der Waals surface area (Å²) >= 11 is 0. The van der Waals surface area contributed by atoms with Gasteiger partial charge in [0.05, 0.1) is 5.92 Å². The highest BCUT2D eigenvalue weighted by Gasteiger charge is 2.46. The van der Waals surface area contributed by atoms with Crippen LogP contribution in [0.3, 0.4) is 0 Å². The molecule has 0 radical (unpaired) electrons. The monoisotopic (exact) mass is 506 g/mol. The Morgan fingerprint density at radius 2 is 1.59 bits per heavy atom. The first kappa shape index (κ1) is 28.9. The van der Waals surface area contributed by atoms with E-state index in [2.05, 4.69) is 75.2 Å². The first-order chi connectivity index (χ1) is 17.9. The van der Waals surface area contributed by atoms with Crippen molar-refractivity contribution in [3.05, 3.63) is 70.3 Å². The third-order valence-corrected chi connectivity index (χ3v) is 8.05. The molecule has 3 unspecified atom stereocenters. The zero-order valence-corrected chi connectivity index (χ0v) is 23.3. The first-order valence-corrected chi connectivity index (χ1v) is 14.3. The van der Waals surface area contributed by atoms with Gasteiger partial charge in [0.25, 0.3) is 0 Å². The summed E-state index contributed by atoms with van der Waals surface area (Å²) in [6.45, 7) is 9.07. The van der Waals surface area contributed by atoms with Crippen LogP contribution in [0.1, 0.15) is 92.7 Å². The molecule has 0 aromatic heterocycles. The number of rotatable bonds is 11. The maximum absolute atomic E-state index is 12.2. The molecular weight excluding hydrogens is 460 g/mol. The fraction of sp³-hybridized carbons (Fsp3) is 0.562. The molecule has 5 heteroatoms. The number of aliphatic carboxylic acids is 1. The molecule has 0 bridgehead atoms. The Balaban J connectivity index is 0.000000295. The van der Waals surface area contributed by atoms with E-state index in [4.69, 9.17) is 0 Å². The van der Waals surface area contributed by atoms with E-state index < -0.39 is 11.9 Å². The summed E-state index contributed by atoms with van der Waals surface area (Å²) in [6.07, 6.45) is 10.1. The second kappa shape index (κ2) is 14.3. The number of carboxylic acid groups (broad SMARTS) is 1. The quantitative estimate of drug-likeness (QED) is 0.366. The van der Waals surface area contributed by atoms with E-state index in [1.807, 2.05) is 4.90 Å². The van der Waals surface area contributed by atoms with Gasteiger partial charge < -0.3 is 10.0 Å². The van der Waals surface area contributed by atoms with E-state index in [1.165, 1.54) is 28.7 Å². The molecule has 5 nitrogen and oxygen atoms in total. The lowest BCUT2D eigenvalue weighted by Crippen LogP contribution is -2.26. The lowest BCUT2D eigenvalue weighted by atomic mass is 9.82. The number of hydrogen-bond donors (Lipinski definition) is 1. The predicted molar refractivity (Wildman–Crippen MR) is 151 cm³/mol. The highest BCUT2D eigenvalue weighted by molar-refractivity contribution is 5.73. The molecule has 2 aliphatic rings. The van der Waals surface area contributed by atoms with Crippen molar-refractivity contribution in [2.24, 2.45) is 5.92 Å². The van der Waals surface area contributed by atoms with Crippen LogP contribution in [-0.4, -0.2) is 54.0 Å². The molecule has 202 valence electrons. The molecule has 1 aliphatic heterocycles. The van der Waals surface area contributed by atoms with E-state index >= 15 is 0 Å². The van der Waals surface area contributed by atoms with Crippen LogP contribution in [0.25, 0.3) is 0 Å². The van der Waals surface area contributed by atoms with Gasteiger partial charge in [0, 0.05) is 31.6 Å². The van der Waals surface area contributed by atoms with Gasteiger partial charge in [-0.1, -0.05) is 76.1 Å². The van der Waals surface area contributed by atoms with Gasteiger partial charge in [-0.2, -0.15) is 0 Å². The molecule has 1 amide bonds. The van der Waals surface area contributed by atoms with Crippen LogP contribution in [-0.2, 0) is 28.9 Å². The highest BCUT2D eigenvalue weighted by atomic mass is 16.4. The van der Waals surface area contributed by atoms with E-state index in [0.29, 0.717) is 0 Å². The van der Waals surface area contributed by atoms with E-state index in [1.54, 1.807) is 0 Å². The summed E-state index contributed by atoms with van der Waals surface area (Å²) in [7, 11) is 2.06. The molecule has 2 aromatic rings. The summed E-state index contributed by atoms with van der Waals surface area (Å²) in [6, 6.07) is 15.1. The number of carbonyl (C=O) groups is 2. The second-order valence-corrected chi connectivity index (χ2v) is 10.7. The van der Waals surface area contributed by atoms with E-state index in [-0.39, 0.29) is 12.0 Å². The van der Waals surface area contributed by atoms with Gasteiger partial charge in [0.1, 0.15) is 0 Å². The van der Waals surface area contributed by atoms with Crippen molar-refractivity contribution in [1.29, 1.82) is 0 Å². The Hall–Kier alpha value is -2.66. The highest BCUT2D eigenvalue weighted by Crippen LogP contribution is 2.45. The lowest BCUT2D eigenvalue weighted by Gasteiger charge is -2.24. The fourth-order valence-corrected chi connectivity index (χ4v) is 5.83. The van der Waals surface area contributed by atoms with Gasteiger partial charge in [0.15, 0.2) is 0 Å². The van der Waals surface area contributed by atoms with Gasteiger partial charge in [-0.3, -0.25) is 14.5 Å². The molecule has 4 rings (SSSR count). The smallest absolute Gasteiger partial charge is 0.309 e. The number of amides is 1. The zero-order chi connectivity index (χ0) is 26.8. The minimum atomic E-state index is -0.690. The number of benzene rings is 2. The van der Waals surface area contributed by atoms with Crippen molar-refractivity contribution in [1.82, 2.24) is 9.80 Å². The van der Waals surface area contributed by atoms with E-state index in [9.17, 15) is 14.7 Å². The largest absolute Gasteiger partial charge is 0.481 e. The predicted octanol–water partition coefficient (Wildman–Crippen LogP) is 6.25. The number of unbranched alkanes of at least 4 members (excludes halogenated alkanes) is 2. The second-order valence-electron chi connectivity index (χ2n) is 10.7. The Kier molecular flexibility index (Phi) is 11.2. The van der Waals surface area contributed by atoms with Crippen LogP contribution in [0.5, 0.6) is 0 Å². The number of likely N-dealkylation sites (N-methyl/N-ethyl adjacent to an activating group) is 1. The summed E-state index contributed by atoms with van der Waals surface area (Å²) in [5.41, 5.74) is 6.46. The van der Waals surface area contributed by atoms with Crippen LogP contribution in [0, 0.1) is 5.92 Å². The Morgan fingerprint density at radius 1 is 0.973 bits per heavy atom. The molecule has 1 saturated heterocycles. The van der Waals surface area contributed by atoms with Crippen LogP contribution in [0.2, 0.25) is 0 Å². The molecule has 1 aliphatic carbocycles. The third kappa shape index (κ3) is 7.44. The standard InChI is InChI=1S/C23H27NO2.C9H19NO/c1-3-15-7-9-17(10-8-15)22-21(23(25)26)20(14-24(22)2)19-12-11-16-5-4-6-18(16)13-19;1-3-5-7-10(9-11)8-6-4-2/h7-13,20-22H,3-6,14H2,1-2H3,(H,25,26);9H,3-8H2,1-2H3. The number of nitrogens with zero attached hydrogens (tertiary/aromatic N) is 2. The van der Waals surface area contributed by atoms with Crippen LogP contribution < -0.4 is 0 Å². The number of carboxylic acids is 1.